The minimum Gasteiger partial charge on any atom is -0.548 e. The molecule has 2 aliphatic rings. The van der Waals surface area contributed by atoms with Crippen molar-refractivity contribution in [1.29, 1.82) is 0 Å². The van der Waals surface area contributed by atoms with Crippen LogP contribution in [0.3, 0.4) is 0 Å². The summed E-state index contributed by atoms with van der Waals surface area (Å²) in [6.45, 7) is 3.40. The van der Waals surface area contributed by atoms with Gasteiger partial charge in [0, 0.05) is 28.7 Å². The van der Waals surface area contributed by atoms with E-state index in [2.05, 4.69) is 10.3 Å². The van der Waals surface area contributed by atoms with Crippen LogP contribution in [0.25, 0.3) is 0 Å². The zero-order valence-corrected chi connectivity index (χ0v) is 22.5. The first-order chi connectivity index (χ1) is 16.5. The second-order valence-corrected chi connectivity index (χ2v) is 10.4. The van der Waals surface area contributed by atoms with Crippen molar-refractivity contribution in [3.05, 3.63) is 69.8 Å². The Bertz CT molecular complexity index is 1240. The van der Waals surface area contributed by atoms with E-state index in [-0.39, 0.29) is 46.6 Å². The molecule has 2 aromatic carbocycles. The van der Waals surface area contributed by atoms with Gasteiger partial charge >= 0.3 is 29.6 Å². The summed E-state index contributed by atoms with van der Waals surface area (Å²) in [4.78, 5) is 53.5. The number of nitro benzene ring substituents is 1. The number of aliphatic carboxylic acids is 1. The van der Waals surface area contributed by atoms with Crippen molar-refractivity contribution >= 4 is 41.4 Å². The molecule has 0 radical (unpaired) electrons. The van der Waals surface area contributed by atoms with Gasteiger partial charge in [-0.2, -0.15) is 0 Å². The Morgan fingerprint density at radius 3 is 2.53 bits per heavy atom. The second kappa shape index (κ2) is 10.6. The third-order valence-electron chi connectivity index (χ3n) is 5.91. The number of aliphatic imine (C=N–C) groups is 1. The molecule has 2 aliphatic heterocycles. The summed E-state index contributed by atoms with van der Waals surface area (Å²) < 4.78 is -0.796. The third-order valence-corrected chi connectivity index (χ3v) is 7.48. The number of carboxylic acids is 1. The molecule has 0 spiro atoms. The number of nitrogens with one attached hydrogen (secondary N) is 1. The van der Waals surface area contributed by atoms with E-state index in [4.69, 9.17) is 0 Å². The predicted molar refractivity (Wildman–Crippen MR) is 125 cm³/mol. The molecule has 13 heteroatoms. The fraction of sp³-hybridized carbons (Fsp3) is 0.304. The number of nitrogens with zero attached hydrogens (tertiary/aromatic N) is 3. The van der Waals surface area contributed by atoms with Crippen molar-refractivity contribution < 1.29 is 59.1 Å². The van der Waals surface area contributed by atoms with Gasteiger partial charge in [0.05, 0.1) is 16.9 Å². The molecule has 182 valence electrons. The Labute approximate surface area is 232 Å². The SMILES string of the molecule is CC1(C)S[C@@H]2[C@H](NC(=O)C(N=Cc3cc([N+](=O)[O-])ccc3O)c3ccccc3)C(=O)N2[C@H]1C(=O)[O-].[Na+]. The molecule has 0 bridgehead atoms. The number of carbonyl (C=O) groups is 3. The van der Waals surface area contributed by atoms with Crippen LogP contribution >= 0.6 is 11.8 Å². The molecule has 4 rings (SSSR count). The molecule has 0 aromatic heterocycles. The number of hydrogen-bond acceptors (Lipinski definition) is 9. The zero-order valence-electron chi connectivity index (χ0n) is 19.7. The van der Waals surface area contributed by atoms with Crippen LogP contribution in [0, 0.1) is 10.1 Å². The van der Waals surface area contributed by atoms with E-state index < -0.39 is 51.0 Å². The molecule has 36 heavy (non-hydrogen) atoms. The molecule has 4 atom stereocenters. The molecule has 2 aromatic rings. The number of rotatable bonds is 7. The van der Waals surface area contributed by atoms with Gasteiger partial charge in [0.2, 0.25) is 11.8 Å². The molecular weight excluding hydrogens is 499 g/mol. The van der Waals surface area contributed by atoms with Crippen molar-refractivity contribution in [2.75, 3.05) is 0 Å². The van der Waals surface area contributed by atoms with Gasteiger partial charge in [0.25, 0.3) is 5.69 Å². The number of aromatic hydroxyl groups is 1. The summed E-state index contributed by atoms with van der Waals surface area (Å²) in [5.74, 6) is -2.76. The number of fused-ring (bicyclic) bond motifs is 1. The maximum Gasteiger partial charge on any atom is 1.00 e. The fourth-order valence-electron chi connectivity index (χ4n) is 4.21. The average Bonchev–Trinajstić information content (AvgIpc) is 3.07. The van der Waals surface area contributed by atoms with Gasteiger partial charge in [-0.3, -0.25) is 24.7 Å². The first kappa shape index (κ1) is 27.7. The Morgan fingerprint density at radius 1 is 1.25 bits per heavy atom. The van der Waals surface area contributed by atoms with Crippen molar-refractivity contribution in [2.24, 2.45) is 4.99 Å². The van der Waals surface area contributed by atoms with Crippen molar-refractivity contribution in [2.45, 2.75) is 42.1 Å². The van der Waals surface area contributed by atoms with E-state index in [1.54, 1.807) is 44.2 Å². The number of carbonyl (C=O) groups excluding carboxylic acids is 3. The molecule has 2 saturated heterocycles. The molecular formula is C23H21N4NaO7S. The van der Waals surface area contributed by atoms with Crippen LogP contribution in [0.5, 0.6) is 5.75 Å². The molecule has 2 heterocycles. The summed E-state index contributed by atoms with van der Waals surface area (Å²) in [6, 6.07) is 8.70. The van der Waals surface area contributed by atoms with Gasteiger partial charge in [-0.1, -0.05) is 30.3 Å². The van der Waals surface area contributed by atoms with E-state index in [9.17, 15) is 34.7 Å². The number of phenols is 1. The van der Waals surface area contributed by atoms with Crippen LogP contribution in [-0.2, 0) is 14.4 Å². The van der Waals surface area contributed by atoms with E-state index in [0.29, 0.717) is 5.56 Å². The van der Waals surface area contributed by atoms with Crippen LogP contribution in [0.2, 0.25) is 0 Å². The standard InChI is InChI=1S/C23H22N4O7S.Na/c1-23(2)18(22(31)32)26-20(30)17(21(26)35-23)25-19(29)16(12-6-4-3-5-7-12)24-11-13-10-14(27(33)34)8-9-15(13)28;/h3-11,16-18,21,28H,1-2H3,(H,25,29)(H,31,32);/q;+1/p-1/t16?,17-,18+,21-;/m1./s1. The minimum absolute atomic E-state index is 0. The van der Waals surface area contributed by atoms with E-state index >= 15 is 0 Å². The van der Waals surface area contributed by atoms with E-state index in [0.717, 1.165) is 24.4 Å². The quantitative estimate of drug-likeness (QED) is 0.136. The molecule has 2 fully saturated rings. The van der Waals surface area contributed by atoms with E-state index in [1.807, 2.05) is 0 Å². The van der Waals surface area contributed by atoms with Gasteiger partial charge in [-0.15, -0.1) is 11.8 Å². The number of amides is 2. The van der Waals surface area contributed by atoms with Gasteiger partial charge in [-0.05, 0) is 25.5 Å². The summed E-state index contributed by atoms with van der Waals surface area (Å²) >= 11 is 1.27. The molecule has 1 unspecified atom stereocenters. The van der Waals surface area contributed by atoms with Gasteiger partial charge in [0.1, 0.15) is 17.2 Å². The van der Waals surface area contributed by atoms with Crippen LogP contribution in [-0.4, -0.2) is 61.1 Å². The largest absolute Gasteiger partial charge is 1.00 e. The number of nitro groups is 1. The Hall–Kier alpha value is -2.93. The number of non-ortho nitro benzene ring substituents is 1. The minimum atomic E-state index is -1.35. The van der Waals surface area contributed by atoms with Crippen molar-refractivity contribution in [3.8, 4) is 5.75 Å². The average molecular weight is 520 g/mol. The van der Waals surface area contributed by atoms with Gasteiger partial charge in [0.15, 0.2) is 6.04 Å². The number of phenolic OH excluding ortho intramolecular Hbond substituents is 1. The predicted octanol–water partition coefficient (Wildman–Crippen LogP) is -2.24. The van der Waals surface area contributed by atoms with E-state index in [1.165, 1.54) is 16.7 Å². The second-order valence-electron chi connectivity index (χ2n) is 8.66. The maximum absolute atomic E-state index is 13.2. The smallest absolute Gasteiger partial charge is 0.548 e. The monoisotopic (exact) mass is 520 g/mol. The molecule has 0 aliphatic carbocycles. The van der Waals surface area contributed by atoms with Crippen LogP contribution in [0.15, 0.2) is 53.5 Å². The summed E-state index contributed by atoms with van der Waals surface area (Å²) in [5, 5.41) is 34.8. The third kappa shape index (κ3) is 5.12. The molecule has 11 nitrogen and oxygen atoms in total. The fourth-order valence-corrected chi connectivity index (χ4v) is 5.83. The zero-order chi connectivity index (χ0) is 25.5. The summed E-state index contributed by atoms with van der Waals surface area (Å²) in [5.41, 5.74) is 0.277. The van der Waals surface area contributed by atoms with Crippen molar-refractivity contribution in [1.82, 2.24) is 10.2 Å². The molecule has 2 N–H and O–H groups in total. The topological polar surface area (TPSA) is 165 Å². The summed E-state index contributed by atoms with van der Waals surface area (Å²) in [7, 11) is 0. The van der Waals surface area contributed by atoms with Gasteiger partial charge < -0.3 is 25.2 Å². The number of hydrogen-bond donors (Lipinski definition) is 2. The van der Waals surface area contributed by atoms with Crippen LogP contribution in [0.4, 0.5) is 5.69 Å². The first-order valence-corrected chi connectivity index (χ1v) is 11.5. The normalized spacial score (nSPS) is 22.8. The number of benzene rings is 2. The number of carboxylic acid groups (broad SMARTS) is 1. The molecule has 0 saturated carbocycles. The summed E-state index contributed by atoms with van der Waals surface area (Å²) in [6.07, 6.45) is 1.16. The maximum atomic E-state index is 13.2. The molecule has 2 amide bonds. The van der Waals surface area contributed by atoms with Crippen LogP contribution < -0.4 is 40.0 Å². The van der Waals surface area contributed by atoms with Crippen molar-refractivity contribution in [3.63, 3.8) is 0 Å². The van der Waals surface area contributed by atoms with Crippen LogP contribution in [0.1, 0.15) is 31.0 Å². The number of β-lactam (4-membered cyclic amide) rings is 1. The Kier molecular flexibility index (Phi) is 8.13. The Morgan fingerprint density at radius 2 is 1.92 bits per heavy atom. The number of thioether (sulfide) groups is 1. The van der Waals surface area contributed by atoms with Gasteiger partial charge in [-0.25, -0.2) is 0 Å². The first-order valence-electron chi connectivity index (χ1n) is 10.6. The Balaban J connectivity index is 0.00000361.